The number of para-hydroxylation sites is 1. The maximum absolute atomic E-state index is 12.1. The van der Waals surface area contributed by atoms with Gasteiger partial charge in [-0.05, 0) is 43.5 Å². The van der Waals surface area contributed by atoms with Gasteiger partial charge in [-0.2, -0.15) is 0 Å². The van der Waals surface area contributed by atoms with Crippen LogP contribution in [0.4, 0.5) is 5.69 Å². The molecule has 1 aliphatic heterocycles. The van der Waals surface area contributed by atoms with Crippen LogP contribution in [0.2, 0.25) is 0 Å². The van der Waals surface area contributed by atoms with Crippen LogP contribution in [-0.4, -0.2) is 26.0 Å². The zero-order valence-electron chi connectivity index (χ0n) is 17.6. The summed E-state index contributed by atoms with van der Waals surface area (Å²) in [6.45, 7) is 5.52. The number of fused-ring (bicyclic) bond motifs is 1. The maximum Gasteiger partial charge on any atom is 0.173 e. The van der Waals surface area contributed by atoms with E-state index < -0.39 is 7.14 Å². The van der Waals surface area contributed by atoms with Gasteiger partial charge in [0.25, 0.3) is 0 Å². The lowest BCUT2D eigenvalue weighted by molar-refractivity contribution is -0.688. The lowest BCUT2D eigenvalue weighted by atomic mass is 10.2. The second-order valence-electron chi connectivity index (χ2n) is 8.14. The topological polar surface area (TPSA) is 24.2 Å². The molecule has 1 aliphatic rings. The molecule has 2 heterocycles. The van der Waals surface area contributed by atoms with Crippen LogP contribution in [0.3, 0.4) is 0 Å². The Labute approximate surface area is 183 Å². The van der Waals surface area contributed by atoms with Crippen LogP contribution in [-0.2, 0) is 11.1 Å². The Morgan fingerprint density at radius 3 is 2.40 bits per heavy atom. The van der Waals surface area contributed by atoms with Crippen molar-refractivity contribution in [3.05, 3.63) is 95.3 Å². The third-order valence-corrected chi connectivity index (χ3v) is 7.64. The predicted octanol–water partition coefficient (Wildman–Crippen LogP) is 5.95. The lowest BCUT2D eigenvalue weighted by Gasteiger charge is -2.21. The number of hydrogen-bond acceptors (Lipinski definition) is 3. The minimum absolute atomic E-state index is 0.786. The molecule has 0 N–H and O–H groups in total. The van der Waals surface area contributed by atoms with E-state index in [1.165, 1.54) is 26.7 Å². The van der Waals surface area contributed by atoms with Crippen LogP contribution in [0.25, 0.3) is 6.08 Å². The highest BCUT2D eigenvalue weighted by molar-refractivity contribution is 8.03. The molecule has 3 nitrogen and oxygen atoms in total. The first-order valence-electron chi connectivity index (χ1n) is 10.3. The van der Waals surface area contributed by atoms with E-state index in [4.69, 9.17) is 0 Å². The minimum Gasteiger partial charge on any atom is -0.335 e. The van der Waals surface area contributed by atoms with Crippen LogP contribution in [0.15, 0.2) is 89.0 Å². The minimum atomic E-state index is -1.98. The SMILES string of the molecule is CP(C)(=O)CCCN1C(=Cc2cc[n+](Cc3ccccc3)cc2)Sc2ccccc21. The third-order valence-electron chi connectivity index (χ3n) is 5.13. The first kappa shape index (κ1) is 21.0. The normalized spacial score (nSPS) is 14.9. The van der Waals surface area contributed by atoms with E-state index in [9.17, 15) is 4.57 Å². The summed E-state index contributed by atoms with van der Waals surface area (Å²) in [6.07, 6.45) is 8.26. The van der Waals surface area contributed by atoms with Gasteiger partial charge in [-0.25, -0.2) is 4.57 Å². The average Bonchev–Trinajstić information content (AvgIpc) is 3.07. The molecule has 2 aromatic carbocycles. The monoisotopic (exact) mass is 435 g/mol. The maximum atomic E-state index is 12.1. The Morgan fingerprint density at radius 1 is 0.967 bits per heavy atom. The lowest BCUT2D eigenvalue weighted by Crippen LogP contribution is -2.33. The van der Waals surface area contributed by atoms with Crippen molar-refractivity contribution in [1.29, 1.82) is 0 Å². The van der Waals surface area contributed by atoms with Gasteiger partial charge in [-0.3, -0.25) is 0 Å². The van der Waals surface area contributed by atoms with Crippen molar-refractivity contribution in [2.24, 2.45) is 0 Å². The van der Waals surface area contributed by atoms with Crippen molar-refractivity contribution in [2.75, 3.05) is 30.9 Å². The molecule has 5 heteroatoms. The molecule has 30 heavy (non-hydrogen) atoms. The van der Waals surface area contributed by atoms with E-state index in [2.05, 4.69) is 88.6 Å². The van der Waals surface area contributed by atoms with Crippen LogP contribution >= 0.6 is 18.9 Å². The fraction of sp³-hybridized carbons (Fsp3) is 0.240. The molecule has 4 rings (SSSR count). The molecule has 0 spiro atoms. The number of thioether (sulfide) groups is 1. The van der Waals surface area contributed by atoms with Gasteiger partial charge in [0.2, 0.25) is 0 Å². The average molecular weight is 436 g/mol. The highest BCUT2D eigenvalue weighted by Crippen LogP contribution is 2.47. The summed E-state index contributed by atoms with van der Waals surface area (Å²) in [5, 5.41) is 1.24. The number of nitrogens with zero attached hydrogens (tertiary/aromatic N) is 2. The van der Waals surface area contributed by atoms with E-state index >= 15 is 0 Å². The van der Waals surface area contributed by atoms with Gasteiger partial charge < -0.3 is 9.46 Å². The summed E-state index contributed by atoms with van der Waals surface area (Å²) in [5.41, 5.74) is 3.74. The molecule has 0 bridgehead atoms. The van der Waals surface area contributed by atoms with Crippen molar-refractivity contribution in [3.63, 3.8) is 0 Å². The van der Waals surface area contributed by atoms with Crippen LogP contribution < -0.4 is 9.47 Å². The zero-order chi connectivity index (χ0) is 21.0. The quantitative estimate of drug-likeness (QED) is 0.339. The number of rotatable bonds is 7. The molecule has 0 aliphatic carbocycles. The molecule has 0 saturated heterocycles. The fourth-order valence-corrected chi connectivity index (χ4v) is 5.66. The largest absolute Gasteiger partial charge is 0.335 e. The predicted molar refractivity (Wildman–Crippen MR) is 129 cm³/mol. The summed E-state index contributed by atoms with van der Waals surface area (Å²) in [6, 6.07) is 23.4. The van der Waals surface area contributed by atoms with Gasteiger partial charge in [0.05, 0.1) is 17.9 Å². The van der Waals surface area contributed by atoms with Crippen molar-refractivity contribution >= 4 is 30.7 Å². The summed E-state index contributed by atoms with van der Waals surface area (Å²) in [5.74, 6) is 0. The molecule has 0 fully saturated rings. The smallest absolute Gasteiger partial charge is 0.173 e. The van der Waals surface area contributed by atoms with Crippen molar-refractivity contribution in [1.82, 2.24) is 0 Å². The first-order valence-corrected chi connectivity index (χ1v) is 13.9. The van der Waals surface area contributed by atoms with E-state index in [1.54, 1.807) is 0 Å². The molecular formula is C25H28N2OPS+. The molecule has 0 amide bonds. The van der Waals surface area contributed by atoms with Gasteiger partial charge in [-0.15, -0.1) is 0 Å². The van der Waals surface area contributed by atoms with Gasteiger partial charge in [0.15, 0.2) is 18.9 Å². The second kappa shape index (κ2) is 9.24. The molecule has 0 atom stereocenters. The summed E-state index contributed by atoms with van der Waals surface area (Å²) in [7, 11) is -1.98. The Hall–Kier alpha value is -2.29. The summed E-state index contributed by atoms with van der Waals surface area (Å²) < 4.78 is 14.3. The molecular weight excluding hydrogens is 407 g/mol. The zero-order valence-corrected chi connectivity index (χ0v) is 19.3. The van der Waals surface area contributed by atoms with Crippen LogP contribution in [0.1, 0.15) is 17.5 Å². The van der Waals surface area contributed by atoms with Crippen molar-refractivity contribution < 1.29 is 9.13 Å². The van der Waals surface area contributed by atoms with Crippen molar-refractivity contribution in [3.8, 4) is 0 Å². The van der Waals surface area contributed by atoms with Gasteiger partial charge >= 0.3 is 0 Å². The van der Waals surface area contributed by atoms with Gasteiger partial charge in [0.1, 0.15) is 0 Å². The Balaban J connectivity index is 1.51. The molecule has 3 aromatic rings. The molecule has 1 aromatic heterocycles. The van der Waals surface area contributed by atoms with E-state index in [-0.39, 0.29) is 0 Å². The Bertz CT molecular complexity index is 1070. The summed E-state index contributed by atoms with van der Waals surface area (Å²) >= 11 is 1.82. The van der Waals surface area contributed by atoms with Crippen molar-refractivity contribution in [2.45, 2.75) is 17.9 Å². The van der Waals surface area contributed by atoms with Gasteiger partial charge in [-0.1, -0.05) is 54.2 Å². The second-order valence-corrected chi connectivity index (χ2v) is 12.8. The van der Waals surface area contributed by atoms with E-state index in [0.29, 0.717) is 0 Å². The fourth-order valence-electron chi connectivity index (χ4n) is 3.61. The Kier molecular flexibility index (Phi) is 6.46. The molecule has 154 valence electrons. The number of benzene rings is 2. The molecule has 0 unspecified atom stereocenters. The molecule has 0 saturated carbocycles. The highest BCUT2D eigenvalue weighted by atomic mass is 32.2. The first-order chi connectivity index (χ1) is 14.5. The number of pyridine rings is 1. The Morgan fingerprint density at radius 2 is 1.67 bits per heavy atom. The number of anilines is 1. The van der Waals surface area contributed by atoms with Crippen LogP contribution in [0, 0.1) is 0 Å². The van der Waals surface area contributed by atoms with E-state index in [0.717, 1.165) is 25.7 Å². The van der Waals surface area contributed by atoms with E-state index in [1.807, 2.05) is 31.2 Å². The standard InChI is InChI=1S/C25H28N2OPS/c1-29(2,28)18-8-15-27-23-11-6-7-12-24(23)30-25(27)19-21-13-16-26(17-14-21)20-22-9-4-3-5-10-22/h3-7,9-14,16-17,19H,8,15,18,20H2,1-2H3/q+1. The molecule has 0 radical (unpaired) electrons. The van der Waals surface area contributed by atoms with Gasteiger partial charge in [0, 0.05) is 35.3 Å². The van der Waals surface area contributed by atoms with Crippen LogP contribution in [0.5, 0.6) is 0 Å². The summed E-state index contributed by atoms with van der Waals surface area (Å²) in [4.78, 5) is 3.66. The number of aromatic nitrogens is 1. The number of hydrogen-bond donors (Lipinski definition) is 0. The highest BCUT2D eigenvalue weighted by Gasteiger charge is 2.24. The third kappa shape index (κ3) is 5.44.